The van der Waals surface area contributed by atoms with Crippen LogP contribution in [-0.4, -0.2) is 25.0 Å². The Hall–Kier alpha value is -1.35. The van der Waals surface area contributed by atoms with Crippen molar-refractivity contribution in [2.24, 2.45) is 0 Å². The lowest BCUT2D eigenvalue weighted by Crippen LogP contribution is -2.44. The molecule has 0 unspecified atom stereocenters. The highest BCUT2D eigenvalue weighted by Crippen LogP contribution is 2.36. The first-order valence-electron chi connectivity index (χ1n) is 6.34. The van der Waals surface area contributed by atoms with Gasteiger partial charge in [0.1, 0.15) is 0 Å². The highest BCUT2D eigenvalue weighted by Gasteiger charge is 2.29. The van der Waals surface area contributed by atoms with E-state index in [2.05, 4.69) is 34.9 Å². The number of rotatable bonds is 5. The van der Waals surface area contributed by atoms with Crippen LogP contribution in [-0.2, 0) is 4.79 Å². The zero-order valence-corrected chi connectivity index (χ0v) is 10.3. The summed E-state index contributed by atoms with van der Waals surface area (Å²) < 4.78 is 0. The van der Waals surface area contributed by atoms with Crippen molar-refractivity contribution in [1.82, 2.24) is 10.6 Å². The molecular formula is C14H20N2O. The molecule has 92 valence electrons. The minimum Gasteiger partial charge on any atom is -0.355 e. The van der Waals surface area contributed by atoms with Gasteiger partial charge in [-0.05, 0) is 31.2 Å². The molecule has 0 aromatic heterocycles. The van der Waals surface area contributed by atoms with Crippen LogP contribution in [0.2, 0.25) is 0 Å². The molecule has 1 aromatic rings. The number of hydrogen-bond acceptors (Lipinski definition) is 2. The van der Waals surface area contributed by atoms with Crippen molar-refractivity contribution in [3.05, 3.63) is 35.9 Å². The Morgan fingerprint density at radius 2 is 2.00 bits per heavy atom. The first kappa shape index (κ1) is 12.1. The molecule has 1 aliphatic carbocycles. The number of carbonyl (C=O) groups is 1. The Labute approximate surface area is 103 Å². The van der Waals surface area contributed by atoms with Gasteiger partial charge in [0, 0.05) is 12.6 Å². The normalized spacial score (nSPS) is 22.9. The fraction of sp³-hybridized carbons (Fsp3) is 0.500. The van der Waals surface area contributed by atoms with Crippen LogP contribution in [0.1, 0.15) is 31.2 Å². The van der Waals surface area contributed by atoms with Crippen molar-refractivity contribution in [3.63, 3.8) is 0 Å². The number of hydrogen-bond donors (Lipinski definition) is 2. The van der Waals surface area contributed by atoms with E-state index in [0.717, 1.165) is 12.8 Å². The van der Waals surface area contributed by atoms with Crippen LogP contribution in [0.3, 0.4) is 0 Å². The summed E-state index contributed by atoms with van der Waals surface area (Å²) in [7, 11) is 0. The SMILES string of the molecule is CCNC(=O)CNC1CC(c2ccccc2)C1. The molecule has 0 radical (unpaired) electrons. The maximum Gasteiger partial charge on any atom is 0.233 e. The molecule has 3 nitrogen and oxygen atoms in total. The highest BCUT2D eigenvalue weighted by atomic mass is 16.1. The van der Waals surface area contributed by atoms with Gasteiger partial charge in [-0.3, -0.25) is 4.79 Å². The van der Waals surface area contributed by atoms with Crippen LogP contribution in [0.15, 0.2) is 30.3 Å². The minimum atomic E-state index is 0.0932. The summed E-state index contributed by atoms with van der Waals surface area (Å²) in [5.41, 5.74) is 1.42. The fourth-order valence-electron chi connectivity index (χ4n) is 2.28. The number of likely N-dealkylation sites (N-methyl/N-ethyl adjacent to an activating group) is 1. The topological polar surface area (TPSA) is 41.1 Å². The largest absolute Gasteiger partial charge is 0.355 e. The molecule has 0 bridgehead atoms. The molecule has 2 rings (SSSR count). The van der Waals surface area contributed by atoms with Gasteiger partial charge in [-0.15, -0.1) is 0 Å². The van der Waals surface area contributed by atoms with Crippen molar-refractivity contribution in [1.29, 1.82) is 0 Å². The van der Waals surface area contributed by atoms with Gasteiger partial charge >= 0.3 is 0 Å². The third-order valence-corrected chi connectivity index (χ3v) is 3.33. The van der Waals surface area contributed by atoms with Crippen LogP contribution in [0.5, 0.6) is 0 Å². The van der Waals surface area contributed by atoms with Gasteiger partial charge in [0.2, 0.25) is 5.91 Å². The molecule has 3 heteroatoms. The van der Waals surface area contributed by atoms with Crippen LogP contribution >= 0.6 is 0 Å². The maximum atomic E-state index is 11.3. The molecule has 0 atom stereocenters. The van der Waals surface area contributed by atoms with E-state index in [1.54, 1.807) is 0 Å². The first-order valence-corrected chi connectivity index (χ1v) is 6.34. The standard InChI is InChI=1S/C14H20N2O/c1-2-15-14(17)10-16-13-8-12(9-13)11-6-4-3-5-7-11/h3-7,12-13,16H,2,8-10H2,1H3,(H,15,17). The Balaban J connectivity index is 1.68. The molecule has 1 amide bonds. The number of carbonyl (C=O) groups excluding carboxylic acids is 1. The van der Waals surface area contributed by atoms with E-state index < -0.39 is 0 Å². The maximum absolute atomic E-state index is 11.3. The predicted octanol–water partition coefficient (Wildman–Crippen LogP) is 1.66. The van der Waals surface area contributed by atoms with E-state index in [-0.39, 0.29) is 5.91 Å². The van der Waals surface area contributed by atoms with E-state index >= 15 is 0 Å². The Bertz CT molecular complexity index is 358. The average molecular weight is 232 g/mol. The molecule has 2 N–H and O–H groups in total. The van der Waals surface area contributed by atoms with Crippen molar-refractivity contribution in [2.45, 2.75) is 31.7 Å². The molecule has 0 spiro atoms. The zero-order valence-electron chi connectivity index (χ0n) is 10.3. The van der Waals surface area contributed by atoms with Gasteiger partial charge in [0.05, 0.1) is 6.54 Å². The Morgan fingerprint density at radius 3 is 2.65 bits per heavy atom. The summed E-state index contributed by atoms with van der Waals surface area (Å²) in [5.74, 6) is 0.763. The zero-order chi connectivity index (χ0) is 12.1. The molecule has 1 saturated carbocycles. The van der Waals surface area contributed by atoms with E-state index in [9.17, 15) is 4.79 Å². The molecule has 0 aliphatic heterocycles. The van der Waals surface area contributed by atoms with E-state index in [1.165, 1.54) is 5.56 Å². The monoisotopic (exact) mass is 232 g/mol. The Morgan fingerprint density at radius 1 is 1.29 bits per heavy atom. The summed E-state index contributed by atoms with van der Waals surface area (Å²) in [4.78, 5) is 11.3. The summed E-state index contributed by atoms with van der Waals surface area (Å²) >= 11 is 0. The van der Waals surface area contributed by atoms with Crippen LogP contribution in [0, 0.1) is 0 Å². The lowest BCUT2D eigenvalue weighted by atomic mass is 9.76. The van der Waals surface area contributed by atoms with E-state index in [4.69, 9.17) is 0 Å². The Kier molecular flexibility index (Phi) is 4.15. The molecule has 1 fully saturated rings. The van der Waals surface area contributed by atoms with Crippen molar-refractivity contribution < 1.29 is 4.79 Å². The molecule has 1 aromatic carbocycles. The molecule has 17 heavy (non-hydrogen) atoms. The fourth-order valence-corrected chi connectivity index (χ4v) is 2.28. The van der Waals surface area contributed by atoms with Crippen LogP contribution in [0.25, 0.3) is 0 Å². The molecular weight excluding hydrogens is 212 g/mol. The van der Waals surface area contributed by atoms with Gasteiger partial charge < -0.3 is 10.6 Å². The van der Waals surface area contributed by atoms with Gasteiger partial charge in [-0.1, -0.05) is 30.3 Å². The van der Waals surface area contributed by atoms with Crippen molar-refractivity contribution in [3.8, 4) is 0 Å². The second-order valence-corrected chi connectivity index (χ2v) is 4.61. The van der Waals surface area contributed by atoms with Crippen LogP contribution in [0.4, 0.5) is 0 Å². The minimum absolute atomic E-state index is 0.0932. The first-order chi connectivity index (χ1) is 8.29. The summed E-state index contributed by atoms with van der Waals surface area (Å²) in [6.07, 6.45) is 2.28. The van der Waals surface area contributed by atoms with Gasteiger partial charge in [-0.25, -0.2) is 0 Å². The smallest absolute Gasteiger partial charge is 0.233 e. The van der Waals surface area contributed by atoms with Gasteiger partial charge in [0.15, 0.2) is 0 Å². The third kappa shape index (κ3) is 3.30. The lowest BCUT2D eigenvalue weighted by Gasteiger charge is -2.36. The van der Waals surface area contributed by atoms with E-state index in [0.29, 0.717) is 25.0 Å². The molecule has 0 heterocycles. The highest BCUT2D eigenvalue weighted by molar-refractivity contribution is 5.77. The van der Waals surface area contributed by atoms with Gasteiger partial charge in [-0.2, -0.15) is 0 Å². The molecule has 0 saturated heterocycles. The summed E-state index contributed by atoms with van der Waals surface area (Å²) in [5, 5.41) is 6.08. The number of nitrogens with one attached hydrogen (secondary N) is 2. The number of amides is 1. The second kappa shape index (κ2) is 5.82. The van der Waals surface area contributed by atoms with Crippen molar-refractivity contribution in [2.75, 3.05) is 13.1 Å². The number of benzene rings is 1. The van der Waals surface area contributed by atoms with Gasteiger partial charge in [0.25, 0.3) is 0 Å². The second-order valence-electron chi connectivity index (χ2n) is 4.61. The third-order valence-electron chi connectivity index (χ3n) is 3.33. The average Bonchev–Trinajstić information content (AvgIpc) is 2.28. The molecule has 1 aliphatic rings. The van der Waals surface area contributed by atoms with E-state index in [1.807, 2.05) is 13.0 Å². The van der Waals surface area contributed by atoms with Crippen molar-refractivity contribution >= 4 is 5.91 Å². The summed E-state index contributed by atoms with van der Waals surface area (Å²) in [6.45, 7) is 3.09. The summed E-state index contributed by atoms with van der Waals surface area (Å²) in [6, 6.07) is 11.1. The van der Waals surface area contributed by atoms with Crippen LogP contribution < -0.4 is 10.6 Å². The quantitative estimate of drug-likeness (QED) is 0.810. The predicted molar refractivity (Wildman–Crippen MR) is 68.9 cm³/mol. The lowest BCUT2D eigenvalue weighted by molar-refractivity contribution is -0.120.